The number of hydrogen-bond acceptors (Lipinski definition) is 3. The van der Waals surface area contributed by atoms with Crippen molar-refractivity contribution in [2.75, 3.05) is 19.6 Å². The molecule has 2 amide bonds. The van der Waals surface area contributed by atoms with Crippen molar-refractivity contribution in [1.29, 1.82) is 0 Å². The molecule has 0 radical (unpaired) electrons. The first-order valence-corrected chi connectivity index (χ1v) is 11.4. The summed E-state index contributed by atoms with van der Waals surface area (Å²) < 4.78 is 20.9. The van der Waals surface area contributed by atoms with Gasteiger partial charge >= 0.3 is 0 Å². The molecule has 2 aromatic carbocycles. The van der Waals surface area contributed by atoms with Crippen LogP contribution >= 0.6 is 0 Å². The van der Waals surface area contributed by atoms with E-state index in [0.29, 0.717) is 36.6 Å². The SMILES string of the molecule is C[C@H]1CN(C(=O)c2cc3ccoc3n2[C@@H](C)c2ccccc2)CCN1C(=O)c1ccc(F)cc1. The number of aromatic nitrogens is 1. The standard InChI is InChI=1S/C27H26FN3O3/c1-18-17-29(13-14-30(18)25(32)21-8-10-23(28)11-9-21)26(33)24-16-22-12-15-34-27(22)31(24)19(2)20-6-4-3-5-7-20/h3-12,15-16,18-19H,13-14,17H2,1-2H3/t18-,19-/m0/s1. The number of hydrogen-bond donors (Lipinski definition) is 0. The van der Waals surface area contributed by atoms with Gasteiger partial charge < -0.3 is 14.2 Å². The summed E-state index contributed by atoms with van der Waals surface area (Å²) in [5.41, 5.74) is 2.75. The highest BCUT2D eigenvalue weighted by molar-refractivity contribution is 5.98. The summed E-state index contributed by atoms with van der Waals surface area (Å²) in [5, 5.41) is 0.879. The summed E-state index contributed by atoms with van der Waals surface area (Å²) in [6, 6.07) is 19.0. The minimum Gasteiger partial charge on any atom is -0.448 e. The Hall–Kier alpha value is -3.87. The van der Waals surface area contributed by atoms with E-state index in [0.717, 1.165) is 10.9 Å². The second kappa shape index (κ2) is 8.82. The van der Waals surface area contributed by atoms with Crippen LogP contribution in [0.15, 0.2) is 77.4 Å². The Labute approximate surface area is 197 Å². The molecule has 0 unspecified atom stereocenters. The molecule has 1 saturated heterocycles. The lowest BCUT2D eigenvalue weighted by Gasteiger charge is -2.40. The van der Waals surface area contributed by atoms with Gasteiger partial charge in [0, 0.05) is 36.6 Å². The highest BCUT2D eigenvalue weighted by Crippen LogP contribution is 2.30. The number of nitrogens with zero attached hydrogens (tertiary/aromatic N) is 3. The zero-order chi connectivity index (χ0) is 23.8. The predicted molar refractivity (Wildman–Crippen MR) is 127 cm³/mol. The maximum atomic E-state index is 13.7. The van der Waals surface area contributed by atoms with Crippen LogP contribution < -0.4 is 0 Å². The van der Waals surface area contributed by atoms with Crippen LogP contribution in [-0.2, 0) is 0 Å². The first kappa shape index (κ1) is 21.9. The number of carbonyl (C=O) groups is 2. The van der Waals surface area contributed by atoms with E-state index in [4.69, 9.17) is 4.42 Å². The summed E-state index contributed by atoms with van der Waals surface area (Å²) in [6.45, 7) is 5.23. The van der Waals surface area contributed by atoms with Crippen LogP contribution in [0.1, 0.15) is 46.3 Å². The fourth-order valence-electron chi connectivity index (χ4n) is 4.74. The van der Waals surface area contributed by atoms with Gasteiger partial charge in [-0.05, 0) is 55.8 Å². The van der Waals surface area contributed by atoms with Crippen molar-refractivity contribution in [2.45, 2.75) is 25.9 Å². The Bertz CT molecular complexity index is 1330. The van der Waals surface area contributed by atoms with Crippen LogP contribution in [-0.4, -0.2) is 51.9 Å². The molecule has 3 heterocycles. The van der Waals surface area contributed by atoms with E-state index < -0.39 is 0 Å². The third-order valence-corrected chi connectivity index (χ3v) is 6.60. The maximum Gasteiger partial charge on any atom is 0.270 e. The maximum absolute atomic E-state index is 13.7. The van der Waals surface area contributed by atoms with Gasteiger partial charge in [-0.25, -0.2) is 4.39 Å². The van der Waals surface area contributed by atoms with Gasteiger partial charge in [-0.3, -0.25) is 14.2 Å². The lowest BCUT2D eigenvalue weighted by Crippen LogP contribution is -2.55. The van der Waals surface area contributed by atoms with Crippen molar-refractivity contribution in [3.8, 4) is 0 Å². The molecule has 7 heteroatoms. The van der Waals surface area contributed by atoms with Gasteiger partial charge in [0.1, 0.15) is 11.5 Å². The summed E-state index contributed by atoms with van der Waals surface area (Å²) >= 11 is 0. The molecule has 5 rings (SSSR count). The number of halogens is 1. The molecule has 0 aliphatic carbocycles. The van der Waals surface area contributed by atoms with Crippen molar-refractivity contribution in [1.82, 2.24) is 14.4 Å². The van der Waals surface area contributed by atoms with Gasteiger partial charge in [0.15, 0.2) is 0 Å². The quantitative estimate of drug-likeness (QED) is 0.433. The molecule has 1 fully saturated rings. The number of fused-ring (bicyclic) bond motifs is 1. The van der Waals surface area contributed by atoms with Crippen molar-refractivity contribution < 1.29 is 18.4 Å². The molecule has 0 spiro atoms. The average molecular weight is 460 g/mol. The van der Waals surface area contributed by atoms with E-state index in [1.54, 1.807) is 16.1 Å². The van der Waals surface area contributed by atoms with Gasteiger partial charge in [0.25, 0.3) is 11.8 Å². The Morgan fingerprint density at radius 1 is 1.00 bits per heavy atom. The number of amides is 2. The van der Waals surface area contributed by atoms with Crippen molar-refractivity contribution >= 4 is 22.9 Å². The number of furan rings is 1. The largest absolute Gasteiger partial charge is 0.448 e. The smallest absolute Gasteiger partial charge is 0.270 e. The first-order valence-electron chi connectivity index (χ1n) is 11.4. The molecule has 1 aliphatic heterocycles. The fourth-order valence-corrected chi connectivity index (χ4v) is 4.74. The topological polar surface area (TPSA) is 58.7 Å². The van der Waals surface area contributed by atoms with Crippen molar-refractivity contribution in [3.63, 3.8) is 0 Å². The lowest BCUT2D eigenvalue weighted by atomic mass is 10.1. The van der Waals surface area contributed by atoms with E-state index in [1.807, 2.05) is 54.0 Å². The molecule has 0 bridgehead atoms. The van der Waals surface area contributed by atoms with Crippen LogP contribution in [0.3, 0.4) is 0 Å². The first-order chi connectivity index (χ1) is 16.4. The van der Waals surface area contributed by atoms with Crippen LogP contribution in [0.25, 0.3) is 11.1 Å². The number of benzene rings is 2. The van der Waals surface area contributed by atoms with Gasteiger partial charge in [-0.15, -0.1) is 0 Å². The second-order valence-electron chi connectivity index (χ2n) is 8.77. The summed E-state index contributed by atoms with van der Waals surface area (Å²) in [5.74, 6) is -0.619. The van der Waals surface area contributed by atoms with E-state index in [9.17, 15) is 14.0 Å². The normalized spacial score (nSPS) is 17.2. The highest BCUT2D eigenvalue weighted by Gasteiger charge is 2.33. The summed E-state index contributed by atoms with van der Waals surface area (Å²) in [6.07, 6.45) is 1.63. The zero-order valence-corrected chi connectivity index (χ0v) is 19.1. The summed E-state index contributed by atoms with van der Waals surface area (Å²) in [7, 11) is 0. The molecule has 0 N–H and O–H groups in total. The van der Waals surface area contributed by atoms with Crippen LogP contribution in [0.4, 0.5) is 4.39 Å². The van der Waals surface area contributed by atoms with E-state index in [-0.39, 0.29) is 29.7 Å². The monoisotopic (exact) mass is 459 g/mol. The molecule has 2 atom stereocenters. The Balaban J connectivity index is 1.39. The molecule has 34 heavy (non-hydrogen) atoms. The summed E-state index contributed by atoms with van der Waals surface area (Å²) in [4.78, 5) is 30.1. The van der Waals surface area contributed by atoms with Gasteiger partial charge in [0.2, 0.25) is 5.71 Å². The Kier molecular flexibility index (Phi) is 5.69. The van der Waals surface area contributed by atoms with E-state index in [2.05, 4.69) is 6.92 Å². The van der Waals surface area contributed by atoms with Crippen LogP contribution in [0.5, 0.6) is 0 Å². The molecule has 174 valence electrons. The van der Waals surface area contributed by atoms with Gasteiger partial charge in [0.05, 0.1) is 12.3 Å². The fraction of sp³-hybridized carbons (Fsp3) is 0.259. The van der Waals surface area contributed by atoms with Crippen LogP contribution in [0, 0.1) is 5.82 Å². The lowest BCUT2D eigenvalue weighted by molar-refractivity contribution is 0.0409. The Morgan fingerprint density at radius 3 is 2.44 bits per heavy atom. The Morgan fingerprint density at radius 2 is 1.74 bits per heavy atom. The van der Waals surface area contributed by atoms with E-state index >= 15 is 0 Å². The number of carbonyl (C=O) groups excluding carboxylic acids is 2. The molecule has 6 nitrogen and oxygen atoms in total. The third kappa shape index (κ3) is 3.87. The second-order valence-corrected chi connectivity index (χ2v) is 8.77. The molecular formula is C27H26FN3O3. The third-order valence-electron chi connectivity index (χ3n) is 6.60. The molecule has 4 aromatic rings. The molecule has 0 saturated carbocycles. The minimum atomic E-state index is -0.376. The van der Waals surface area contributed by atoms with Gasteiger partial charge in [-0.2, -0.15) is 0 Å². The molecule has 1 aliphatic rings. The van der Waals surface area contributed by atoms with Gasteiger partial charge in [-0.1, -0.05) is 30.3 Å². The number of piperazine rings is 1. The van der Waals surface area contributed by atoms with Crippen molar-refractivity contribution in [2.24, 2.45) is 0 Å². The average Bonchev–Trinajstić information content (AvgIpc) is 3.45. The number of rotatable bonds is 4. The zero-order valence-electron chi connectivity index (χ0n) is 19.1. The van der Waals surface area contributed by atoms with Crippen molar-refractivity contribution in [3.05, 3.63) is 95.6 Å². The van der Waals surface area contributed by atoms with E-state index in [1.165, 1.54) is 24.3 Å². The molecule has 2 aromatic heterocycles. The molecular weight excluding hydrogens is 433 g/mol. The minimum absolute atomic E-state index is 0.0880. The highest BCUT2D eigenvalue weighted by atomic mass is 19.1. The predicted octanol–water partition coefficient (Wildman–Crippen LogP) is 4.97. The van der Waals surface area contributed by atoms with Crippen LogP contribution in [0.2, 0.25) is 0 Å².